The van der Waals surface area contributed by atoms with Gasteiger partial charge in [0, 0.05) is 0 Å². The van der Waals surface area contributed by atoms with Gasteiger partial charge in [0.15, 0.2) is 5.95 Å². The zero-order valence-corrected chi connectivity index (χ0v) is 10.9. The van der Waals surface area contributed by atoms with E-state index in [0.717, 1.165) is 11.3 Å². The number of rotatable bonds is 3. The van der Waals surface area contributed by atoms with E-state index in [4.69, 9.17) is 10.2 Å². The molecular formula is C14H14N4O2. The van der Waals surface area contributed by atoms with Crippen molar-refractivity contribution >= 4 is 22.9 Å². The van der Waals surface area contributed by atoms with Crippen LogP contribution in [-0.2, 0) is 6.54 Å². The predicted octanol–water partition coefficient (Wildman–Crippen LogP) is 1.98. The van der Waals surface area contributed by atoms with Crippen LogP contribution in [-0.4, -0.2) is 15.9 Å². The number of hydrogen-bond donors (Lipinski definition) is 3. The summed E-state index contributed by atoms with van der Waals surface area (Å²) in [6.07, 6.45) is 0. The Morgan fingerprint density at radius 2 is 2.25 bits per heavy atom. The van der Waals surface area contributed by atoms with Gasteiger partial charge in [0.2, 0.25) is 0 Å². The third-order valence-electron chi connectivity index (χ3n) is 2.99. The number of nitrogens with one attached hydrogen (secondary N) is 2. The molecule has 0 aliphatic heterocycles. The first-order valence-corrected chi connectivity index (χ1v) is 6.21. The van der Waals surface area contributed by atoms with Crippen molar-refractivity contribution in [3.05, 3.63) is 47.4 Å². The van der Waals surface area contributed by atoms with Crippen molar-refractivity contribution in [2.75, 3.05) is 5.73 Å². The molecule has 102 valence electrons. The average Bonchev–Trinajstić information content (AvgIpc) is 3.00. The lowest BCUT2D eigenvalue weighted by Crippen LogP contribution is -2.22. The number of aromatic nitrogens is 2. The number of H-pyrrole nitrogens is 1. The van der Waals surface area contributed by atoms with Gasteiger partial charge in [-0.2, -0.15) is 0 Å². The van der Waals surface area contributed by atoms with Gasteiger partial charge < -0.3 is 20.5 Å². The topological polar surface area (TPSA) is 96.9 Å². The average molecular weight is 270 g/mol. The van der Waals surface area contributed by atoms with Crippen molar-refractivity contribution < 1.29 is 9.21 Å². The van der Waals surface area contributed by atoms with Crippen LogP contribution in [0.25, 0.3) is 11.0 Å². The molecule has 3 aromatic rings. The number of nitrogens with two attached hydrogens (primary N) is 1. The van der Waals surface area contributed by atoms with Crippen LogP contribution in [0.15, 0.2) is 34.7 Å². The maximum Gasteiger partial charge on any atom is 0.253 e. The highest BCUT2D eigenvalue weighted by molar-refractivity contribution is 6.05. The molecule has 3 rings (SSSR count). The Kier molecular flexibility index (Phi) is 2.90. The molecule has 0 unspecified atom stereocenters. The minimum atomic E-state index is -0.212. The van der Waals surface area contributed by atoms with E-state index in [9.17, 15) is 4.79 Å². The number of anilines is 1. The van der Waals surface area contributed by atoms with Crippen LogP contribution < -0.4 is 11.1 Å². The fraction of sp³-hybridized carbons (Fsp3) is 0.143. The quantitative estimate of drug-likeness (QED) is 0.677. The van der Waals surface area contributed by atoms with E-state index in [2.05, 4.69) is 15.3 Å². The minimum Gasteiger partial charge on any atom is -0.465 e. The fourth-order valence-electron chi connectivity index (χ4n) is 2.08. The lowest BCUT2D eigenvalue weighted by atomic mass is 10.1. The summed E-state index contributed by atoms with van der Waals surface area (Å²) in [4.78, 5) is 19.2. The number of hydrogen-bond acceptors (Lipinski definition) is 4. The Morgan fingerprint density at radius 3 is 3.00 bits per heavy atom. The van der Waals surface area contributed by atoms with Crippen LogP contribution >= 0.6 is 0 Å². The summed E-state index contributed by atoms with van der Waals surface area (Å²) in [6.45, 7) is 2.20. The number of amides is 1. The van der Waals surface area contributed by atoms with Crippen LogP contribution in [0.3, 0.4) is 0 Å². The fourth-order valence-corrected chi connectivity index (χ4v) is 2.08. The lowest BCUT2D eigenvalue weighted by molar-refractivity contribution is 0.0949. The van der Waals surface area contributed by atoms with Crippen LogP contribution in [0.5, 0.6) is 0 Å². The molecule has 6 nitrogen and oxygen atoms in total. The van der Waals surface area contributed by atoms with Gasteiger partial charge >= 0.3 is 0 Å². The standard InChI is InChI=1S/C14H14N4O2/c1-8-5-6-9(20-8)7-16-13(19)10-3-2-4-11-12(10)18-14(15)17-11/h2-6H,7H2,1H3,(H,16,19)(H3,15,17,18). The SMILES string of the molecule is Cc1ccc(CNC(=O)c2cccc3[nH]c(N)nc23)o1. The van der Waals surface area contributed by atoms with E-state index < -0.39 is 0 Å². The Labute approximate surface area is 115 Å². The summed E-state index contributed by atoms with van der Waals surface area (Å²) in [5, 5.41) is 2.80. The molecule has 2 aromatic heterocycles. The third kappa shape index (κ3) is 2.23. The van der Waals surface area contributed by atoms with Crippen molar-refractivity contribution in [1.82, 2.24) is 15.3 Å². The van der Waals surface area contributed by atoms with Crippen molar-refractivity contribution in [2.24, 2.45) is 0 Å². The smallest absolute Gasteiger partial charge is 0.253 e. The van der Waals surface area contributed by atoms with Gasteiger partial charge in [-0.15, -0.1) is 0 Å². The first kappa shape index (κ1) is 12.3. The van der Waals surface area contributed by atoms with Crippen LogP contribution in [0.2, 0.25) is 0 Å². The molecule has 0 radical (unpaired) electrons. The van der Waals surface area contributed by atoms with Crippen LogP contribution in [0, 0.1) is 6.92 Å². The van der Waals surface area contributed by atoms with Gasteiger partial charge in [0.05, 0.1) is 17.6 Å². The van der Waals surface area contributed by atoms with Crippen molar-refractivity contribution in [2.45, 2.75) is 13.5 Å². The number of carbonyl (C=O) groups is 1. The number of imidazole rings is 1. The Hall–Kier alpha value is -2.76. The Morgan fingerprint density at radius 1 is 1.40 bits per heavy atom. The van der Waals surface area contributed by atoms with Gasteiger partial charge in [0.1, 0.15) is 17.0 Å². The first-order valence-electron chi connectivity index (χ1n) is 6.21. The molecule has 0 spiro atoms. The maximum atomic E-state index is 12.2. The zero-order valence-electron chi connectivity index (χ0n) is 10.9. The summed E-state index contributed by atoms with van der Waals surface area (Å²) in [5.74, 6) is 1.61. The molecule has 0 saturated carbocycles. The molecule has 4 N–H and O–H groups in total. The van der Waals surface area contributed by atoms with E-state index >= 15 is 0 Å². The van der Waals surface area contributed by atoms with E-state index in [1.807, 2.05) is 25.1 Å². The number of aromatic amines is 1. The van der Waals surface area contributed by atoms with Gasteiger partial charge in [0.25, 0.3) is 5.91 Å². The monoisotopic (exact) mass is 270 g/mol. The molecule has 1 amide bonds. The van der Waals surface area contributed by atoms with Crippen LogP contribution in [0.1, 0.15) is 21.9 Å². The molecule has 0 aliphatic carbocycles. The number of nitrogens with zero attached hydrogens (tertiary/aromatic N) is 1. The second kappa shape index (κ2) is 4.73. The lowest BCUT2D eigenvalue weighted by Gasteiger charge is -2.04. The molecule has 2 heterocycles. The molecule has 0 saturated heterocycles. The van der Waals surface area contributed by atoms with E-state index in [1.54, 1.807) is 12.1 Å². The number of aryl methyl sites for hydroxylation is 1. The highest BCUT2D eigenvalue weighted by Crippen LogP contribution is 2.17. The molecular weight excluding hydrogens is 256 g/mol. The number of para-hydroxylation sites is 1. The second-order valence-corrected chi connectivity index (χ2v) is 4.52. The molecule has 0 aliphatic rings. The van der Waals surface area contributed by atoms with E-state index in [1.165, 1.54) is 0 Å². The highest BCUT2D eigenvalue weighted by atomic mass is 16.3. The molecule has 0 fully saturated rings. The third-order valence-corrected chi connectivity index (χ3v) is 2.99. The first-order chi connectivity index (χ1) is 9.63. The van der Waals surface area contributed by atoms with Crippen molar-refractivity contribution in [1.29, 1.82) is 0 Å². The summed E-state index contributed by atoms with van der Waals surface area (Å²) in [5.41, 5.74) is 7.41. The van der Waals surface area contributed by atoms with Gasteiger partial charge in [-0.05, 0) is 31.2 Å². The molecule has 0 bridgehead atoms. The number of furan rings is 1. The molecule has 1 aromatic carbocycles. The predicted molar refractivity (Wildman–Crippen MR) is 75.1 cm³/mol. The number of fused-ring (bicyclic) bond motifs is 1. The summed E-state index contributed by atoms with van der Waals surface area (Å²) >= 11 is 0. The summed E-state index contributed by atoms with van der Waals surface area (Å²) < 4.78 is 5.40. The summed E-state index contributed by atoms with van der Waals surface area (Å²) in [6, 6.07) is 9.02. The Balaban J connectivity index is 1.81. The number of carbonyl (C=O) groups excluding carboxylic acids is 1. The zero-order chi connectivity index (χ0) is 14.1. The molecule has 0 atom stereocenters. The highest BCUT2D eigenvalue weighted by Gasteiger charge is 2.13. The largest absolute Gasteiger partial charge is 0.465 e. The molecule has 6 heteroatoms. The molecule has 20 heavy (non-hydrogen) atoms. The van der Waals surface area contributed by atoms with E-state index in [-0.39, 0.29) is 5.91 Å². The van der Waals surface area contributed by atoms with Crippen molar-refractivity contribution in [3.8, 4) is 0 Å². The Bertz CT molecular complexity index is 772. The van der Waals surface area contributed by atoms with Crippen molar-refractivity contribution in [3.63, 3.8) is 0 Å². The van der Waals surface area contributed by atoms with Gasteiger partial charge in [-0.3, -0.25) is 4.79 Å². The minimum absolute atomic E-state index is 0.212. The normalized spacial score (nSPS) is 10.8. The second-order valence-electron chi connectivity index (χ2n) is 4.52. The van der Waals surface area contributed by atoms with Gasteiger partial charge in [-0.1, -0.05) is 6.07 Å². The van der Waals surface area contributed by atoms with E-state index in [0.29, 0.717) is 29.3 Å². The van der Waals surface area contributed by atoms with Crippen LogP contribution in [0.4, 0.5) is 5.95 Å². The number of nitrogen functional groups attached to an aromatic ring is 1. The number of benzene rings is 1. The maximum absolute atomic E-state index is 12.2. The summed E-state index contributed by atoms with van der Waals surface area (Å²) in [7, 11) is 0. The van der Waals surface area contributed by atoms with Gasteiger partial charge in [-0.25, -0.2) is 4.98 Å².